The zero-order valence-electron chi connectivity index (χ0n) is 13.1. The first kappa shape index (κ1) is 16.8. The van der Waals surface area contributed by atoms with Crippen molar-refractivity contribution in [2.45, 2.75) is 59.5 Å². The first-order valence-corrected chi connectivity index (χ1v) is 7.77. The number of rotatable bonds is 9. The Balaban J connectivity index is 2.94. The van der Waals surface area contributed by atoms with Crippen molar-refractivity contribution in [1.82, 2.24) is 9.47 Å². The Morgan fingerprint density at radius 3 is 2.35 bits per heavy atom. The summed E-state index contributed by atoms with van der Waals surface area (Å²) in [7, 11) is 0. The Morgan fingerprint density at radius 1 is 1.15 bits per heavy atom. The third-order valence-electron chi connectivity index (χ3n) is 3.42. The van der Waals surface area contributed by atoms with Gasteiger partial charge in [-0.1, -0.05) is 27.2 Å². The Labute approximate surface area is 122 Å². The second-order valence-corrected chi connectivity index (χ2v) is 5.34. The maximum absolute atomic E-state index is 11.7. The van der Waals surface area contributed by atoms with E-state index in [2.05, 4.69) is 25.7 Å². The van der Waals surface area contributed by atoms with Crippen LogP contribution in [0.1, 0.15) is 52.1 Å². The lowest BCUT2D eigenvalue weighted by atomic mass is 10.2. The van der Waals surface area contributed by atoms with Crippen LogP contribution in [0.15, 0.2) is 17.1 Å². The second kappa shape index (κ2) is 8.80. The Bertz CT molecular complexity index is 448. The third-order valence-corrected chi connectivity index (χ3v) is 3.42. The Morgan fingerprint density at radius 2 is 1.80 bits per heavy atom. The van der Waals surface area contributed by atoms with Crippen molar-refractivity contribution in [2.75, 3.05) is 13.1 Å². The lowest BCUT2D eigenvalue weighted by Gasteiger charge is -2.23. The molecule has 114 valence electrons. The molecule has 0 aliphatic carbocycles. The first-order chi connectivity index (χ1) is 9.62. The van der Waals surface area contributed by atoms with Crippen LogP contribution in [0.3, 0.4) is 0 Å². The molecule has 4 nitrogen and oxygen atoms in total. The van der Waals surface area contributed by atoms with Crippen molar-refractivity contribution in [3.05, 3.63) is 28.2 Å². The van der Waals surface area contributed by atoms with Crippen LogP contribution in [0.2, 0.25) is 0 Å². The Hall–Kier alpha value is -1.29. The van der Waals surface area contributed by atoms with Crippen molar-refractivity contribution in [1.29, 1.82) is 0 Å². The van der Waals surface area contributed by atoms with E-state index < -0.39 is 0 Å². The van der Waals surface area contributed by atoms with E-state index >= 15 is 0 Å². The number of aryl methyl sites for hydroxylation is 1. The van der Waals surface area contributed by atoms with Crippen molar-refractivity contribution < 1.29 is 5.11 Å². The van der Waals surface area contributed by atoms with E-state index in [-0.39, 0.29) is 11.2 Å². The standard InChI is InChI=1S/C16H28N2O2/c1-4-7-10-18-13-16(20)15(19)11-14(18)12-17(8-5-2)9-6-3/h11,13,20H,4-10,12H2,1-3H3. The topological polar surface area (TPSA) is 45.5 Å². The van der Waals surface area contributed by atoms with Gasteiger partial charge in [0.1, 0.15) is 0 Å². The SMILES string of the molecule is CCCCn1cc(O)c(=O)cc1CN(CCC)CCC. The average molecular weight is 280 g/mol. The number of aromatic hydroxyl groups is 1. The maximum atomic E-state index is 11.7. The van der Waals surface area contributed by atoms with Crippen LogP contribution in [0.25, 0.3) is 0 Å². The number of pyridine rings is 1. The van der Waals surface area contributed by atoms with Crippen molar-refractivity contribution >= 4 is 0 Å². The van der Waals surface area contributed by atoms with Gasteiger partial charge in [-0.05, 0) is 32.4 Å². The summed E-state index contributed by atoms with van der Waals surface area (Å²) < 4.78 is 2.03. The normalized spacial score (nSPS) is 11.2. The van der Waals surface area contributed by atoms with Crippen LogP contribution in [0.4, 0.5) is 0 Å². The van der Waals surface area contributed by atoms with E-state index in [1.165, 1.54) is 0 Å². The van der Waals surface area contributed by atoms with Gasteiger partial charge >= 0.3 is 0 Å². The summed E-state index contributed by atoms with van der Waals surface area (Å²) in [6.07, 6.45) is 5.95. The maximum Gasteiger partial charge on any atom is 0.223 e. The van der Waals surface area contributed by atoms with Gasteiger partial charge in [0.2, 0.25) is 5.43 Å². The Kier molecular flexibility index (Phi) is 7.37. The molecule has 1 aromatic heterocycles. The van der Waals surface area contributed by atoms with Crippen LogP contribution in [0.5, 0.6) is 5.75 Å². The summed E-state index contributed by atoms with van der Waals surface area (Å²) in [5.41, 5.74) is 0.726. The summed E-state index contributed by atoms with van der Waals surface area (Å²) in [6, 6.07) is 1.59. The molecule has 0 aliphatic rings. The largest absolute Gasteiger partial charge is 0.503 e. The van der Waals surface area contributed by atoms with E-state index in [0.717, 1.165) is 57.6 Å². The van der Waals surface area contributed by atoms with Crippen LogP contribution in [0, 0.1) is 0 Å². The van der Waals surface area contributed by atoms with Crippen LogP contribution < -0.4 is 5.43 Å². The van der Waals surface area contributed by atoms with E-state index in [0.29, 0.717) is 0 Å². The summed E-state index contributed by atoms with van der Waals surface area (Å²) >= 11 is 0. The number of hydrogen-bond donors (Lipinski definition) is 1. The number of aromatic nitrogens is 1. The highest BCUT2D eigenvalue weighted by atomic mass is 16.3. The predicted octanol–water partition coefficient (Wildman–Crippen LogP) is 2.98. The van der Waals surface area contributed by atoms with Gasteiger partial charge in [-0.3, -0.25) is 9.69 Å². The van der Waals surface area contributed by atoms with Crippen molar-refractivity contribution in [3.63, 3.8) is 0 Å². The fraction of sp³-hybridized carbons (Fsp3) is 0.688. The molecule has 1 rings (SSSR count). The molecule has 0 aromatic carbocycles. The summed E-state index contributed by atoms with van der Waals surface area (Å²) in [5, 5.41) is 9.62. The lowest BCUT2D eigenvalue weighted by molar-refractivity contribution is 0.258. The fourth-order valence-corrected chi connectivity index (χ4v) is 2.41. The summed E-state index contributed by atoms with van der Waals surface area (Å²) in [5.74, 6) is -0.151. The van der Waals surface area contributed by atoms with Gasteiger partial charge in [0, 0.05) is 24.8 Å². The smallest absolute Gasteiger partial charge is 0.223 e. The molecule has 0 unspecified atom stereocenters. The van der Waals surface area contributed by atoms with Gasteiger partial charge in [0.25, 0.3) is 0 Å². The van der Waals surface area contributed by atoms with Crippen LogP contribution >= 0.6 is 0 Å². The zero-order chi connectivity index (χ0) is 15.0. The molecule has 1 aromatic rings. The number of unbranched alkanes of at least 4 members (excludes halogenated alkanes) is 1. The van der Waals surface area contributed by atoms with Gasteiger partial charge < -0.3 is 9.67 Å². The quantitative estimate of drug-likeness (QED) is 0.756. The molecular weight excluding hydrogens is 252 g/mol. The van der Waals surface area contributed by atoms with Gasteiger partial charge in [-0.15, -0.1) is 0 Å². The minimum atomic E-state index is -0.277. The number of hydrogen-bond acceptors (Lipinski definition) is 3. The minimum absolute atomic E-state index is 0.151. The van der Waals surface area contributed by atoms with E-state index in [1.807, 2.05) is 4.57 Å². The third kappa shape index (κ3) is 5.00. The molecule has 0 bridgehead atoms. The highest BCUT2D eigenvalue weighted by Crippen LogP contribution is 2.10. The molecule has 0 fully saturated rings. The van der Waals surface area contributed by atoms with E-state index in [4.69, 9.17) is 0 Å². The molecule has 1 N–H and O–H groups in total. The van der Waals surface area contributed by atoms with Crippen molar-refractivity contribution in [2.24, 2.45) is 0 Å². The van der Waals surface area contributed by atoms with Crippen LogP contribution in [-0.2, 0) is 13.1 Å². The highest BCUT2D eigenvalue weighted by Gasteiger charge is 2.10. The summed E-state index contributed by atoms with van der Waals surface area (Å²) in [6.45, 7) is 10.2. The summed E-state index contributed by atoms with van der Waals surface area (Å²) in [4.78, 5) is 14.1. The molecule has 0 aliphatic heterocycles. The molecule has 0 amide bonds. The molecule has 1 heterocycles. The van der Waals surface area contributed by atoms with Crippen molar-refractivity contribution in [3.8, 4) is 5.75 Å². The fourth-order valence-electron chi connectivity index (χ4n) is 2.41. The van der Waals surface area contributed by atoms with E-state index in [1.54, 1.807) is 12.3 Å². The minimum Gasteiger partial charge on any atom is -0.503 e. The molecule has 0 saturated carbocycles. The molecular formula is C16H28N2O2. The zero-order valence-corrected chi connectivity index (χ0v) is 13.1. The molecule has 0 spiro atoms. The molecule has 0 atom stereocenters. The second-order valence-electron chi connectivity index (χ2n) is 5.34. The van der Waals surface area contributed by atoms with Gasteiger partial charge in [-0.25, -0.2) is 0 Å². The molecule has 20 heavy (non-hydrogen) atoms. The predicted molar refractivity (Wildman–Crippen MR) is 83.1 cm³/mol. The number of nitrogens with zero attached hydrogens (tertiary/aromatic N) is 2. The molecule has 4 heteroatoms. The monoisotopic (exact) mass is 280 g/mol. The lowest BCUT2D eigenvalue weighted by Crippen LogP contribution is -2.27. The molecule has 0 radical (unpaired) electrons. The van der Waals surface area contributed by atoms with Gasteiger partial charge in [0.05, 0.1) is 6.20 Å². The van der Waals surface area contributed by atoms with Gasteiger partial charge in [0.15, 0.2) is 5.75 Å². The molecule has 0 saturated heterocycles. The van der Waals surface area contributed by atoms with E-state index in [9.17, 15) is 9.90 Å². The first-order valence-electron chi connectivity index (χ1n) is 7.77. The van der Waals surface area contributed by atoms with Gasteiger partial charge in [-0.2, -0.15) is 0 Å². The average Bonchev–Trinajstić information content (AvgIpc) is 2.41. The highest BCUT2D eigenvalue weighted by molar-refractivity contribution is 5.20. The van der Waals surface area contributed by atoms with Crippen LogP contribution in [-0.4, -0.2) is 27.7 Å².